The van der Waals surface area contributed by atoms with Crippen LogP contribution in [0, 0.1) is 5.92 Å². The highest BCUT2D eigenvalue weighted by atomic mass is 16.5. The standard InChI is InChI=1S/C10H19NO2/c1-7(2)8(3)11-10(12)9-5-4-6-13-9/h7-9H,4-6H2,1-3H3,(H,11,12). The molecule has 2 atom stereocenters. The van der Waals surface area contributed by atoms with E-state index in [1.807, 2.05) is 6.92 Å². The van der Waals surface area contributed by atoms with Gasteiger partial charge in [-0.15, -0.1) is 0 Å². The Labute approximate surface area is 79.8 Å². The zero-order valence-electron chi connectivity index (χ0n) is 8.67. The van der Waals surface area contributed by atoms with E-state index in [0.717, 1.165) is 19.4 Å². The predicted octanol–water partition coefficient (Wildman–Crippen LogP) is 1.33. The minimum atomic E-state index is -0.193. The SMILES string of the molecule is CC(C)C(C)NC(=O)C1CCCO1. The zero-order valence-corrected chi connectivity index (χ0v) is 8.67. The molecule has 1 saturated heterocycles. The lowest BCUT2D eigenvalue weighted by Crippen LogP contribution is -2.42. The van der Waals surface area contributed by atoms with Crippen molar-refractivity contribution in [2.75, 3.05) is 6.61 Å². The van der Waals surface area contributed by atoms with Gasteiger partial charge in [-0.25, -0.2) is 0 Å². The summed E-state index contributed by atoms with van der Waals surface area (Å²) in [4.78, 5) is 11.5. The molecule has 0 aliphatic carbocycles. The van der Waals surface area contributed by atoms with E-state index in [-0.39, 0.29) is 18.1 Å². The van der Waals surface area contributed by atoms with Gasteiger partial charge < -0.3 is 10.1 Å². The van der Waals surface area contributed by atoms with Gasteiger partial charge in [-0.05, 0) is 25.7 Å². The van der Waals surface area contributed by atoms with Gasteiger partial charge in [0.15, 0.2) is 0 Å². The van der Waals surface area contributed by atoms with Crippen molar-refractivity contribution >= 4 is 5.91 Å². The Morgan fingerprint density at radius 1 is 1.46 bits per heavy atom. The molecule has 1 aliphatic rings. The monoisotopic (exact) mass is 185 g/mol. The van der Waals surface area contributed by atoms with Crippen molar-refractivity contribution in [1.82, 2.24) is 5.32 Å². The molecule has 0 aromatic rings. The van der Waals surface area contributed by atoms with Gasteiger partial charge in [0.25, 0.3) is 0 Å². The first-order valence-corrected chi connectivity index (χ1v) is 5.03. The molecule has 76 valence electrons. The molecular weight excluding hydrogens is 166 g/mol. The highest BCUT2D eigenvalue weighted by Crippen LogP contribution is 2.12. The Morgan fingerprint density at radius 2 is 2.15 bits per heavy atom. The normalized spacial score (nSPS) is 24.8. The van der Waals surface area contributed by atoms with Crippen LogP contribution >= 0.6 is 0 Å². The lowest BCUT2D eigenvalue weighted by atomic mass is 10.1. The maximum atomic E-state index is 11.5. The quantitative estimate of drug-likeness (QED) is 0.720. The molecule has 1 rings (SSSR count). The molecule has 1 N–H and O–H groups in total. The van der Waals surface area contributed by atoms with Crippen molar-refractivity contribution in [3.05, 3.63) is 0 Å². The minimum absolute atomic E-state index is 0.0544. The molecule has 0 aromatic carbocycles. The summed E-state index contributed by atoms with van der Waals surface area (Å²) in [6.07, 6.45) is 1.69. The van der Waals surface area contributed by atoms with E-state index in [4.69, 9.17) is 4.74 Å². The lowest BCUT2D eigenvalue weighted by molar-refractivity contribution is -0.130. The fourth-order valence-electron chi connectivity index (χ4n) is 1.27. The second-order valence-electron chi connectivity index (χ2n) is 4.04. The average molecular weight is 185 g/mol. The smallest absolute Gasteiger partial charge is 0.249 e. The van der Waals surface area contributed by atoms with Gasteiger partial charge in [-0.2, -0.15) is 0 Å². The van der Waals surface area contributed by atoms with Crippen LogP contribution in [0.3, 0.4) is 0 Å². The van der Waals surface area contributed by atoms with Crippen LogP contribution in [0.4, 0.5) is 0 Å². The van der Waals surface area contributed by atoms with Crippen LogP contribution in [0.1, 0.15) is 33.6 Å². The summed E-state index contributed by atoms with van der Waals surface area (Å²) in [6, 6.07) is 0.233. The predicted molar refractivity (Wildman–Crippen MR) is 51.4 cm³/mol. The van der Waals surface area contributed by atoms with E-state index < -0.39 is 0 Å². The number of carbonyl (C=O) groups is 1. The Morgan fingerprint density at radius 3 is 2.62 bits per heavy atom. The summed E-state index contributed by atoms with van der Waals surface area (Å²) in [5.41, 5.74) is 0. The first-order valence-electron chi connectivity index (χ1n) is 5.03. The van der Waals surface area contributed by atoms with E-state index in [1.165, 1.54) is 0 Å². The Kier molecular flexibility index (Phi) is 3.72. The first kappa shape index (κ1) is 10.5. The summed E-state index contributed by atoms with van der Waals surface area (Å²) >= 11 is 0. The van der Waals surface area contributed by atoms with Gasteiger partial charge in [0.1, 0.15) is 6.10 Å². The van der Waals surface area contributed by atoms with Gasteiger partial charge in [-0.3, -0.25) is 4.79 Å². The summed E-state index contributed by atoms with van der Waals surface area (Å²) in [6.45, 7) is 6.95. The summed E-state index contributed by atoms with van der Waals surface area (Å²) in [5, 5.41) is 2.96. The van der Waals surface area contributed by atoms with Crippen molar-refractivity contribution in [2.45, 2.75) is 45.8 Å². The first-order chi connectivity index (χ1) is 6.11. The van der Waals surface area contributed by atoms with Crippen LogP contribution in [0.5, 0.6) is 0 Å². The van der Waals surface area contributed by atoms with Gasteiger partial charge >= 0.3 is 0 Å². The maximum Gasteiger partial charge on any atom is 0.249 e. The van der Waals surface area contributed by atoms with Crippen LogP contribution in [0.2, 0.25) is 0 Å². The molecule has 3 nitrogen and oxygen atoms in total. The number of ether oxygens (including phenoxy) is 1. The molecule has 0 spiro atoms. The van der Waals surface area contributed by atoms with Crippen molar-refractivity contribution in [3.63, 3.8) is 0 Å². The number of hydrogen-bond donors (Lipinski definition) is 1. The zero-order chi connectivity index (χ0) is 9.84. The van der Waals surface area contributed by atoms with Gasteiger partial charge in [0.05, 0.1) is 0 Å². The minimum Gasteiger partial charge on any atom is -0.368 e. The molecule has 1 fully saturated rings. The molecule has 1 amide bonds. The van der Waals surface area contributed by atoms with E-state index in [9.17, 15) is 4.79 Å². The summed E-state index contributed by atoms with van der Waals surface area (Å²) < 4.78 is 5.28. The molecule has 3 heteroatoms. The Hall–Kier alpha value is -0.570. The summed E-state index contributed by atoms with van der Waals surface area (Å²) in [7, 11) is 0. The fourth-order valence-corrected chi connectivity index (χ4v) is 1.27. The molecule has 1 aliphatic heterocycles. The van der Waals surface area contributed by atoms with Gasteiger partial charge in [-0.1, -0.05) is 13.8 Å². The van der Waals surface area contributed by atoms with Crippen LogP contribution < -0.4 is 5.32 Å². The van der Waals surface area contributed by atoms with Crippen molar-refractivity contribution in [2.24, 2.45) is 5.92 Å². The molecule has 0 aromatic heterocycles. The van der Waals surface area contributed by atoms with E-state index >= 15 is 0 Å². The Balaban J connectivity index is 2.31. The third-order valence-electron chi connectivity index (χ3n) is 2.59. The van der Waals surface area contributed by atoms with E-state index in [1.54, 1.807) is 0 Å². The van der Waals surface area contributed by atoms with Crippen LogP contribution in [0.25, 0.3) is 0 Å². The lowest BCUT2D eigenvalue weighted by Gasteiger charge is -2.19. The maximum absolute atomic E-state index is 11.5. The highest BCUT2D eigenvalue weighted by molar-refractivity contribution is 5.81. The van der Waals surface area contributed by atoms with Crippen molar-refractivity contribution < 1.29 is 9.53 Å². The fraction of sp³-hybridized carbons (Fsp3) is 0.900. The van der Waals surface area contributed by atoms with Crippen LogP contribution in [0.15, 0.2) is 0 Å². The number of carbonyl (C=O) groups excluding carboxylic acids is 1. The van der Waals surface area contributed by atoms with E-state index in [2.05, 4.69) is 19.2 Å². The number of hydrogen-bond acceptors (Lipinski definition) is 2. The topological polar surface area (TPSA) is 38.3 Å². The third kappa shape index (κ3) is 2.99. The van der Waals surface area contributed by atoms with Crippen LogP contribution in [-0.2, 0) is 9.53 Å². The molecule has 2 unspecified atom stereocenters. The van der Waals surface area contributed by atoms with Gasteiger partial charge in [0, 0.05) is 12.6 Å². The average Bonchev–Trinajstić information content (AvgIpc) is 2.55. The second kappa shape index (κ2) is 4.61. The third-order valence-corrected chi connectivity index (χ3v) is 2.59. The molecule has 0 radical (unpaired) electrons. The van der Waals surface area contributed by atoms with E-state index in [0.29, 0.717) is 5.92 Å². The largest absolute Gasteiger partial charge is 0.368 e. The highest BCUT2D eigenvalue weighted by Gasteiger charge is 2.24. The second-order valence-corrected chi connectivity index (χ2v) is 4.04. The molecular formula is C10H19NO2. The summed E-state index contributed by atoms with van der Waals surface area (Å²) in [5.74, 6) is 0.532. The van der Waals surface area contributed by atoms with Crippen LogP contribution in [-0.4, -0.2) is 24.7 Å². The molecule has 0 saturated carbocycles. The number of nitrogens with one attached hydrogen (secondary N) is 1. The molecule has 1 heterocycles. The van der Waals surface area contributed by atoms with Crippen molar-refractivity contribution in [1.29, 1.82) is 0 Å². The number of rotatable bonds is 3. The van der Waals surface area contributed by atoms with Crippen molar-refractivity contribution in [3.8, 4) is 0 Å². The molecule has 0 bridgehead atoms. The Bertz CT molecular complexity index is 174. The molecule has 13 heavy (non-hydrogen) atoms. The van der Waals surface area contributed by atoms with Gasteiger partial charge in [0.2, 0.25) is 5.91 Å². The number of amides is 1.